The molecule has 11 heteroatoms. The van der Waals surface area contributed by atoms with Crippen molar-refractivity contribution in [3.63, 3.8) is 0 Å². The summed E-state index contributed by atoms with van der Waals surface area (Å²) < 4.78 is 36.4. The fourth-order valence-electron chi connectivity index (χ4n) is 2.73. The Morgan fingerprint density at radius 3 is 2.86 bits per heavy atom. The second-order valence-corrected chi connectivity index (χ2v) is 6.20. The fraction of sp³-hybridized carbons (Fsp3) is 0.412. The van der Waals surface area contributed by atoms with Crippen molar-refractivity contribution in [1.29, 1.82) is 0 Å². The van der Waals surface area contributed by atoms with Gasteiger partial charge in [0, 0.05) is 35.1 Å². The number of fused-ring (bicyclic) bond motifs is 1. The van der Waals surface area contributed by atoms with Crippen molar-refractivity contribution in [2.45, 2.75) is 5.92 Å². The predicted molar refractivity (Wildman–Crippen MR) is 96.8 cm³/mol. The summed E-state index contributed by atoms with van der Waals surface area (Å²) in [4.78, 5) is 28.3. The van der Waals surface area contributed by atoms with Crippen LogP contribution in [0.3, 0.4) is 0 Å². The lowest BCUT2D eigenvalue weighted by Crippen LogP contribution is -2.56. The zero-order valence-corrected chi connectivity index (χ0v) is 14.7. The lowest BCUT2D eigenvalue weighted by atomic mass is 10.1. The highest BCUT2D eigenvalue weighted by Crippen LogP contribution is 2.33. The van der Waals surface area contributed by atoms with Gasteiger partial charge in [-0.2, -0.15) is 0 Å². The van der Waals surface area contributed by atoms with E-state index in [4.69, 9.17) is 14.7 Å². The Morgan fingerprint density at radius 1 is 1.36 bits per heavy atom. The van der Waals surface area contributed by atoms with Crippen LogP contribution in [-0.4, -0.2) is 51.2 Å². The Morgan fingerprint density at radius 2 is 2.14 bits per heavy atom. The number of halogens is 2. The monoisotopic (exact) mass is 393 g/mol. The highest BCUT2D eigenvalue weighted by molar-refractivity contribution is 5.97. The highest BCUT2D eigenvalue weighted by Gasteiger charge is 2.43. The van der Waals surface area contributed by atoms with E-state index in [0.29, 0.717) is 11.1 Å². The van der Waals surface area contributed by atoms with E-state index >= 15 is 0 Å². The zero-order valence-electron chi connectivity index (χ0n) is 14.7. The maximum Gasteiger partial charge on any atom is 0.349 e. The van der Waals surface area contributed by atoms with E-state index in [-0.39, 0.29) is 50.5 Å². The van der Waals surface area contributed by atoms with E-state index in [1.807, 2.05) is 0 Å². The third kappa shape index (κ3) is 4.56. The molecule has 0 radical (unpaired) electrons. The molecule has 28 heavy (non-hydrogen) atoms. The number of carbonyl (C=O) groups excluding carboxylic acids is 1. The standard InChI is InChI=1S/C17H17F2N5O4/c18-17(19)9-24(10-17)12-2-1-11-7-13(16(26)28-14(11)8-12)15(25)21-3-5-27-6-4-22-23-20/h1-2,7-8H,3-6,9-10H2,(H,21,25). The number of nitrogens with zero attached hydrogens (tertiary/aromatic N) is 4. The van der Waals surface area contributed by atoms with Crippen LogP contribution in [0.1, 0.15) is 10.4 Å². The summed E-state index contributed by atoms with van der Waals surface area (Å²) >= 11 is 0. The number of alkyl halides is 2. The number of hydrogen-bond donors (Lipinski definition) is 1. The molecule has 1 N–H and O–H groups in total. The summed E-state index contributed by atoms with van der Waals surface area (Å²) in [5, 5.41) is 6.34. The molecule has 1 saturated heterocycles. The number of hydrogen-bond acceptors (Lipinski definition) is 6. The third-order valence-corrected chi connectivity index (χ3v) is 4.10. The Hall–Kier alpha value is -3.17. The normalized spacial score (nSPS) is 15.0. The minimum absolute atomic E-state index is 0.161. The first-order valence-electron chi connectivity index (χ1n) is 8.47. The lowest BCUT2D eigenvalue weighted by molar-refractivity contribution is -0.0262. The first kappa shape index (κ1) is 19.6. The largest absolute Gasteiger partial charge is 0.422 e. The molecule has 1 aliphatic heterocycles. The van der Waals surface area contributed by atoms with Crippen molar-refractivity contribution in [2.24, 2.45) is 5.11 Å². The SMILES string of the molecule is [N-]=[N+]=NCCOCCNC(=O)c1cc2ccc(N3CC(F)(F)C3)cc2oc1=O. The van der Waals surface area contributed by atoms with E-state index in [2.05, 4.69) is 15.3 Å². The highest BCUT2D eigenvalue weighted by atomic mass is 19.3. The average molecular weight is 393 g/mol. The van der Waals surface area contributed by atoms with Gasteiger partial charge in [-0.05, 0) is 23.7 Å². The van der Waals surface area contributed by atoms with Crippen LogP contribution in [0.25, 0.3) is 21.4 Å². The van der Waals surface area contributed by atoms with Gasteiger partial charge in [-0.25, -0.2) is 13.6 Å². The van der Waals surface area contributed by atoms with Crippen LogP contribution in [0.15, 0.2) is 38.6 Å². The van der Waals surface area contributed by atoms with Crippen LogP contribution in [0.5, 0.6) is 0 Å². The molecule has 148 valence electrons. The van der Waals surface area contributed by atoms with E-state index in [1.54, 1.807) is 12.1 Å². The van der Waals surface area contributed by atoms with Gasteiger partial charge in [0.05, 0.1) is 26.3 Å². The molecule has 2 heterocycles. The number of anilines is 1. The van der Waals surface area contributed by atoms with Crippen molar-refractivity contribution in [3.8, 4) is 0 Å². The third-order valence-electron chi connectivity index (χ3n) is 4.10. The summed E-state index contributed by atoms with van der Waals surface area (Å²) in [5.41, 5.74) is 7.88. The van der Waals surface area contributed by atoms with Gasteiger partial charge in [-0.1, -0.05) is 5.11 Å². The molecule has 1 aliphatic rings. The lowest BCUT2D eigenvalue weighted by Gasteiger charge is -2.40. The summed E-state index contributed by atoms with van der Waals surface area (Å²) in [6.45, 7) is 0.00549. The number of amides is 1. The molecule has 1 aromatic carbocycles. The molecule has 2 aromatic rings. The topological polar surface area (TPSA) is 121 Å². The quantitative estimate of drug-likeness (QED) is 0.243. The van der Waals surface area contributed by atoms with Crippen LogP contribution < -0.4 is 15.8 Å². The van der Waals surface area contributed by atoms with Gasteiger partial charge >= 0.3 is 5.63 Å². The van der Waals surface area contributed by atoms with Crippen molar-refractivity contribution in [2.75, 3.05) is 44.3 Å². The van der Waals surface area contributed by atoms with E-state index in [9.17, 15) is 18.4 Å². The molecule has 3 rings (SSSR count). The van der Waals surface area contributed by atoms with Gasteiger partial charge in [0.25, 0.3) is 11.8 Å². The average Bonchev–Trinajstić information content (AvgIpc) is 2.64. The Kier molecular flexibility index (Phi) is 5.76. The number of ether oxygens (including phenoxy) is 1. The van der Waals surface area contributed by atoms with Gasteiger partial charge in [-0.3, -0.25) is 4.79 Å². The Balaban J connectivity index is 1.62. The number of benzene rings is 1. The molecule has 9 nitrogen and oxygen atoms in total. The molecule has 0 spiro atoms. The smallest absolute Gasteiger partial charge is 0.349 e. The molecule has 0 bridgehead atoms. The first-order valence-corrected chi connectivity index (χ1v) is 8.47. The van der Waals surface area contributed by atoms with E-state index < -0.39 is 17.5 Å². The zero-order chi connectivity index (χ0) is 20.1. The number of azide groups is 1. The minimum Gasteiger partial charge on any atom is -0.422 e. The van der Waals surface area contributed by atoms with Crippen LogP contribution in [0.2, 0.25) is 0 Å². The van der Waals surface area contributed by atoms with Gasteiger partial charge < -0.3 is 19.4 Å². The van der Waals surface area contributed by atoms with Crippen molar-refractivity contribution in [3.05, 3.63) is 50.7 Å². The Labute approximate surface area is 157 Å². The fourth-order valence-corrected chi connectivity index (χ4v) is 2.73. The summed E-state index contributed by atoms with van der Waals surface area (Å²) in [5.74, 6) is -3.31. The summed E-state index contributed by atoms with van der Waals surface area (Å²) in [6.07, 6.45) is 0. The van der Waals surface area contributed by atoms with Crippen LogP contribution in [0.4, 0.5) is 14.5 Å². The first-order chi connectivity index (χ1) is 13.4. The van der Waals surface area contributed by atoms with Crippen LogP contribution >= 0.6 is 0 Å². The molecular weight excluding hydrogens is 376 g/mol. The maximum absolute atomic E-state index is 13.0. The molecule has 0 unspecified atom stereocenters. The van der Waals surface area contributed by atoms with Crippen molar-refractivity contribution in [1.82, 2.24) is 5.32 Å². The predicted octanol–water partition coefficient (Wildman–Crippen LogP) is 2.31. The summed E-state index contributed by atoms with van der Waals surface area (Å²) in [6, 6.07) is 6.15. The molecule has 0 atom stereocenters. The van der Waals surface area contributed by atoms with Gasteiger partial charge in [0.15, 0.2) is 0 Å². The maximum atomic E-state index is 13.0. The van der Waals surface area contributed by atoms with Crippen LogP contribution in [0, 0.1) is 0 Å². The molecule has 0 aliphatic carbocycles. The molecule has 0 saturated carbocycles. The summed E-state index contributed by atoms with van der Waals surface area (Å²) in [7, 11) is 0. The number of rotatable bonds is 8. The van der Waals surface area contributed by atoms with Gasteiger partial charge in [-0.15, -0.1) is 0 Å². The number of nitrogens with one attached hydrogen (secondary N) is 1. The van der Waals surface area contributed by atoms with Crippen molar-refractivity contribution < 1.29 is 22.7 Å². The Bertz CT molecular complexity index is 979. The van der Waals surface area contributed by atoms with E-state index in [0.717, 1.165) is 0 Å². The van der Waals surface area contributed by atoms with Gasteiger partial charge in [0.2, 0.25) is 0 Å². The van der Waals surface area contributed by atoms with Gasteiger partial charge in [0.1, 0.15) is 11.1 Å². The molecule has 1 amide bonds. The van der Waals surface area contributed by atoms with E-state index in [1.165, 1.54) is 17.0 Å². The number of carbonyl (C=O) groups is 1. The molecule has 1 fully saturated rings. The minimum atomic E-state index is -2.70. The second-order valence-electron chi connectivity index (χ2n) is 6.20. The molecule has 1 aromatic heterocycles. The van der Waals surface area contributed by atoms with Crippen molar-refractivity contribution >= 4 is 22.6 Å². The second kappa shape index (κ2) is 8.24. The molecular formula is C17H17F2N5O4. The van der Waals surface area contributed by atoms with Crippen LogP contribution in [-0.2, 0) is 4.74 Å².